The first kappa shape index (κ1) is 34.9. The summed E-state index contributed by atoms with van der Waals surface area (Å²) >= 11 is 0. The molecule has 0 unspecified atom stereocenters. The summed E-state index contributed by atoms with van der Waals surface area (Å²) < 4.78 is 4.93. The van der Waals surface area contributed by atoms with E-state index in [1.165, 1.54) is 101 Å². The molecule has 0 aliphatic carbocycles. The summed E-state index contributed by atoms with van der Waals surface area (Å²) in [6, 6.07) is 21.7. The van der Waals surface area contributed by atoms with E-state index >= 15 is 0 Å². The van der Waals surface area contributed by atoms with E-state index in [-0.39, 0.29) is 34.0 Å². The number of rotatable bonds is 14. The Morgan fingerprint density at radius 1 is 0.643 bits per heavy atom. The second-order valence-corrected chi connectivity index (χ2v) is 12.4. The van der Waals surface area contributed by atoms with Gasteiger partial charge in [0.2, 0.25) is 0 Å². The van der Waals surface area contributed by atoms with Gasteiger partial charge in [-0.2, -0.15) is 0 Å². The molecular weight excluding hydrogens is 648 g/mol. The molecule has 0 bridgehead atoms. The number of aryl methyl sites for hydroxylation is 4. The van der Waals surface area contributed by atoms with E-state index in [0.717, 1.165) is 13.1 Å². The topological polar surface area (TPSA) is 14.2 Å². The third-order valence-electron chi connectivity index (χ3n) is 9.45. The van der Waals surface area contributed by atoms with Crippen LogP contribution >= 0.6 is 0 Å². The fourth-order valence-corrected chi connectivity index (χ4v) is 7.10. The third kappa shape index (κ3) is 9.70. The third-order valence-corrected chi connectivity index (χ3v) is 9.45. The lowest BCUT2D eigenvalue weighted by atomic mass is 9.97. The van der Waals surface area contributed by atoms with E-state index in [0.29, 0.717) is 12.1 Å². The largest absolute Gasteiger partial charge is 1.00 e. The molecule has 2 aliphatic heterocycles. The van der Waals surface area contributed by atoms with Gasteiger partial charge in [-0.3, -0.25) is 9.80 Å². The van der Waals surface area contributed by atoms with Gasteiger partial charge in [-0.15, -0.1) is 0 Å². The van der Waals surface area contributed by atoms with Crippen molar-refractivity contribution in [2.75, 3.05) is 27.2 Å². The number of likely N-dealkylation sites (tertiary alicyclic amines) is 2. The lowest BCUT2D eigenvalue weighted by Crippen LogP contribution is -3.00. The smallest absolute Gasteiger partial charge is 0.198 e. The van der Waals surface area contributed by atoms with Gasteiger partial charge in [0.25, 0.3) is 0 Å². The van der Waals surface area contributed by atoms with Crippen LogP contribution in [0.4, 0.5) is 0 Å². The van der Waals surface area contributed by atoms with Gasteiger partial charge in [0, 0.05) is 42.6 Å². The molecular formula is C36H52Br2N4. The van der Waals surface area contributed by atoms with E-state index in [9.17, 15) is 0 Å². The Balaban J connectivity index is 0.00000242. The van der Waals surface area contributed by atoms with Crippen LogP contribution in [0.25, 0.3) is 0 Å². The highest BCUT2D eigenvalue weighted by atomic mass is 79.9. The lowest BCUT2D eigenvalue weighted by Gasteiger charge is -2.18. The molecule has 5 rings (SSSR count). The summed E-state index contributed by atoms with van der Waals surface area (Å²) in [5.74, 6) is 0. The summed E-state index contributed by atoms with van der Waals surface area (Å²) in [5.41, 5.74) is 6.14. The molecule has 6 heteroatoms. The van der Waals surface area contributed by atoms with Crippen molar-refractivity contribution in [3.8, 4) is 0 Å². The molecule has 4 nitrogen and oxygen atoms in total. The Hall–Kier alpha value is -1.60. The van der Waals surface area contributed by atoms with Crippen molar-refractivity contribution >= 4 is 0 Å². The molecule has 2 saturated heterocycles. The normalized spacial score (nSPS) is 19.0. The second kappa shape index (κ2) is 18.3. The molecule has 4 heterocycles. The minimum Gasteiger partial charge on any atom is -1.00 e. The minimum atomic E-state index is 0. The summed E-state index contributed by atoms with van der Waals surface area (Å²) in [6.45, 7) is 4.72. The van der Waals surface area contributed by atoms with Gasteiger partial charge in [0.1, 0.15) is 13.1 Å². The Morgan fingerprint density at radius 2 is 1.26 bits per heavy atom. The summed E-state index contributed by atoms with van der Waals surface area (Å²) in [6.07, 6.45) is 22.3. The zero-order valence-corrected chi connectivity index (χ0v) is 29.1. The predicted octanol–water partition coefficient (Wildman–Crippen LogP) is 0.629. The quantitative estimate of drug-likeness (QED) is 0.181. The SMILES string of the molecule is CN1CCC[C@H]1c1ccc[n+](CCCCCc2ccccc2CCCCC[n+]2ccccc2[C@@H]2CCCN2C)c1.[Br-].[Br-]. The first-order valence-electron chi connectivity index (χ1n) is 16.1. The van der Waals surface area contributed by atoms with Crippen molar-refractivity contribution in [3.63, 3.8) is 0 Å². The van der Waals surface area contributed by atoms with Crippen LogP contribution in [-0.4, -0.2) is 37.0 Å². The molecule has 2 aliphatic rings. The van der Waals surface area contributed by atoms with Crippen molar-refractivity contribution in [1.82, 2.24) is 9.80 Å². The maximum Gasteiger partial charge on any atom is 0.198 e. The molecule has 0 saturated carbocycles. The standard InChI is InChI=1S/C36H52N4.2BrH/c1-37-24-14-22-34(37)33-20-13-27-39(30-33)26-10-3-5-16-31-18-7-8-19-32(31)17-6-4-11-28-40-29-12-9-21-36(40)35-23-15-25-38(35)2;;/h7-9,12-13,18-21,27,29-30,34-35H,3-6,10-11,14-17,22-26,28H2,1-2H3;2*1H/q+2;;/p-2/t34-,35-;;/m0../s1. The number of halogens is 2. The molecule has 42 heavy (non-hydrogen) atoms. The molecule has 2 aromatic heterocycles. The summed E-state index contributed by atoms with van der Waals surface area (Å²) in [7, 11) is 4.54. The molecule has 1 aromatic carbocycles. The van der Waals surface area contributed by atoms with Crippen LogP contribution in [-0.2, 0) is 25.9 Å². The van der Waals surface area contributed by atoms with Crippen LogP contribution in [0.1, 0.15) is 98.7 Å². The fourth-order valence-electron chi connectivity index (χ4n) is 7.10. The monoisotopic (exact) mass is 698 g/mol. The first-order chi connectivity index (χ1) is 19.7. The maximum atomic E-state index is 2.52. The summed E-state index contributed by atoms with van der Waals surface area (Å²) in [4.78, 5) is 5.03. The number of hydrogen-bond donors (Lipinski definition) is 0. The molecule has 2 fully saturated rings. The van der Waals surface area contributed by atoms with E-state index in [4.69, 9.17) is 0 Å². The Labute approximate surface area is 276 Å². The van der Waals surface area contributed by atoms with Crippen LogP contribution in [0, 0.1) is 0 Å². The number of aromatic nitrogens is 2. The summed E-state index contributed by atoms with van der Waals surface area (Å²) in [5, 5.41) is 0. The predicted molar refractivity (Wildman–Crippen MR) is 164 cm³/mol. The van der Waals surface area contributed by atoms with Crippen molar-refractivity contribution in [2.45, 2.75) is 102 Å². The van der Waals surface area contributed by atoms with Gasteiger partial charge in [0.05, 0.1) is 6.04 Å². The number of nitrogens with zero attached hydrogens (tertiary/aromatic N) is 4. The van der Waals surface area contributed by atoms with Gasteiger partial charge in [-0.05, 0) is 109 Å². The van der Waals surface area contributed by atoms with Crippen LogP contribution in [0.15, 0.2) is 73.2 Å². The van der Waals surface area contributed by atoms with E-state index in [1.807, 2.05) is 0 Å². The lowest BCUT2D eigenvalue weighted by molar-refractivity contribution is -0.706. The number of hydrogen-bond acceptors (Lipinski definition) is 2. The average molecular weight is 701 g/mol. The van der Waals surface area contributed by atoms with Crippen LogP contribution in [0.2, 0.25) is 0 Å². The van der Waals surface area contributed by atoms with Crippen molar-refractivity contribution in [2.24, 2.45) is 0 Å². The highest BCUT2D eigenvalue weighted by Crippen LogP contribution is 2.29. The van der Waals surface area contributed by atoms with Gasteiger partial charge < -0.3 is 34.0 Å². The van der Waals surface area contributed by atoms with Crippen LogP contribution in [0.5, 0.6) is 0 Å². The van der Waals surface area contributed by atoms with Crippen molar-refractivity contribution in [3.05, 3.63) is 95.6 Å². The Kier molecular flexibility index (Phi) is 15.2. The number of pyridine rings is 2. The van der Waals surface area contributed by atoms with Crippen LogP contribution in [0.3, 0.4) is 0 Å². The Bertz CT molecular complexity index is 1200. The highest BCUT2D eigenvalue weighted by molar-refractivity contribution is 5.27. The van der Waals surface area contributed by atoms with E-state index < -0.39 is 0 Å². The molecule has 0 amide bonds. The van der Waals surface area contributed by atoms with Gasteiger partial charge >= 0.3 is 0 Å². The van der Waals surface area contributed by atoms with Gasteiger partial charge in [-0.1, -0.05) is 30.3 Å². The molecule has 2 atom stereocenters. The zero-order valence-electron chi connectivity index (χ0n) is 25.9. The van der Waals surface area contributed by atoms with Crippen molar-refractivity contribution < 1.29 is 43.1 Å². The maximum absolute atomic E-state index is 2.52. The van der Waals surface area contributed by atoms with Crippen LogP contribution < -0.4 is 43.1 Å². The molecule has 230 valence electrons. The van der Waals surface area contributed by atoms with Gasteiger partial charge in [0.15, 0.2) is 24.3 Å². The second-order valence-electron chi connectivity index (χ2n) is 12.4. The van der Waals surface area contributed by atoms with Gasteiger partial charge in [-0.25, -0.2) is 9.13 Å². The van der Waals surface area contributed by atoms with E-state index in [1.54, 1.807) is 11.1 Å². The molecule has 0 spiro atoms. The first-order valence-corrected chi connectivity index (χ1v) is 16.1. The average Bonchev–Trinajstić information content (AvgIpc) is 3.61. The minimum absolute atomic E-state index is 0. The Morgan fingerprint density at radius 3 is 1.90 bits per heavy atom. The highest BCUT2D eigenvalue weighted by Gasteiger charge is 2.29. The number of benzene rings is 1. The van der Waals surface area contributed by atoms with Crippen molar-refractivity contribution in [1.29, 1.82) is 0 Å². The fraction of sp³-hybridized carbons (Fsp3) is 0.556. The molecule has 0 radical (unpaired) electrons. The molecule has 0 N–H and O–H groups in total. The number of unbranched alkanes of at least 4 members (excludes halogenated alkanes) is 4. The van der Waals surface area contributed by atoms with E-state index in [2.05, 4.69) is 106 Å². The zero-order chi connectivity index (χ0) is 27.6. The molecule has 3 aromatic rings.